The number of aryl methyl sites for hydroxylation is 1. The quantitative estimate of drug-likeness (QED) is 0.434. The zero-order valence-electron chi connectivity index (χ0n) is 15.6. The Morgan fingerprint density at radius 1 is 1.17 bits per heavy atom. The van der Waals surface area contributed by atoms with E-state index < -0.39 is 5.91 Å². The summed E-state index contributed by atoms with van der Waals surface area (Å²) in [6.45, 7) is 2.49. The van der Waals surface area contributed by atoms with E-state index >= 15 is 0 Å². The smallest absolute Gasteiger partial charge is 0.260 e. The fraction of sp³-hybridized carbons (Fsp3) is 0.0952. The second-order valence-electron chi connectivity index (χ2n) is 6.59. The summed E-state index contributed by atoms with van der Waals surface area (Å²) in [5.41, 5.74) is 15.5. The van der Waals surface area contributed by atoms with Gasteiger partial charge in [-0.15, -0.1) is 11.3 Å². The van der Waals surface area contributed by atoms with Crippen molar-refractivity contribution in [3.05, 3.63) is 69.6 Å². The maximum Gasteiger partial charge on any atom is 0.260 e. The van der Waals surface area contributed by atoms with Gasteiger partial charge >= 0.3 is 0 Å². The van der Waals surface area contributed by atoms with Crippen molar-refractivity contribution in [2.24, 2.45) is 5.73 Å². The van der Waals surface area contributed by atoms with E-state index in [0.29, 0.717) is 39.1 Å². The number of fused-ring (bicyclic) bond motifs is 1. The average Bonchev–Trinajstić information content (AvgIpc) is 3.05. The lowest BCUT2D eigenvalue weighted by atomic mass is 10.1. The Labute approximate surface area is 176 Å². The molecule has 0 unspecified atom stereocenters. The first-order valence-electron chi connectivity index (χ1n) is 8.88. The first-order valence-corrected chi connectivity index (χ1v) is 10.1. The SMILES string of the molecule is Cc1ccc(-c2nc(NCc3ccccc3)nc3sc(C(N)=O)c(N)c23)cc1Cl. The van der Waals surface area contributed by atoms with Gasteiger partial charge in [0.05, 0.1) is 16.8 Å². The molecule has 0 radical (unpaired) electrons. The number of benzene rings is 2. The Morgan fingerprint density at radius 2 is 1.93 bits per heavy atom. The number of rotatable bonds is 5. The van der Waals surface area contributed by atoms with Crippen molar-refractivity contribution in [1.82, 2.24) is 9.97 Å². The maximum absolute atomic E-state index is 11.8. The molecule has 0 aliphatic carbocycles. The molecule has 4 rings (SSSR count). The highest BCUT2D eigenvalue weighted by Crippen LogP contribution is 2.39. The number of nitrogen functional groups attached to an aromatic ring is 1. The predicted octanol–water partition coefficient (Wildman–Crippen LogP) is 4.61. The lowest BCUT2D eigenvalue weighted by molar-refractivity contribution is 0.100. The van der Waals surface area contributed by atoms with E-state index in [1.54, 1.807) is 0 Å². The third-order valence-electron chi connectivity index (χ3n) is 4.55. The molecule has 0 saturated heterocycles. The number of nitrogens with one attached hydrogen (secondary N) is 1. The minimum absolute atomic E-state index is 0.272. The zero-order chi connectivity index (χ0) is 20.5. The van der Waals surface area contributed by atoms with E-state index in [9.17, 15) is 4.79 Å². The van der Waals surface area contributed by atoms with E-state index in [2.05, 4.69) is 15.3 Å². The molecule has 5 N–H and O–H groups in total. The van der Waals surface area contributed by atoms with Crippen LogP contribution in [-0.4, -0.2) is 15.9 Å². The summed E-state index contributed by atoms with van der Waals surface area (Å²) in [5.74, 6) is -0.150. The monoisotopic (exact) mass is 423 g/mol. The highest BCUT2D eigenvalue weighted by atomic mass is 35.5. The fourth-order valence-corrected chi connectivity index (χ4v) is 4.14. The number of anilines is 2. The van der Waals surface area contributed by atoms with Gasteiger partial charge in [0.2, 0.25) is 5.95 Å². The summed E-state index contributed by atoms with van der Waals surface area (Å²) in [6, 6.07) is 15.6. The van der Waals surface area contributed by atoms with Crippen LogP contribution in [0.15, 0.2) is 48.5 Å². The van der Waals surface area contributed by atoms with Gasteiger partial charge in [-0.3, -0.25) is 4.79 Å². The third kappa shape index (κ3) is 3.74. The number of primary amides is 1. The largest absolute Gasteiger partial charge is 0.397 e. The number of hydrogen-bond donors (Lipinski definition) is 3. The molecule has 2 aromatic carbocycles. The van der Waals surface area contributed by atoms with Gasteiger partial charge in [-0.2, -0.15) is 0 Å². The molecule has 2 heterocycles. The molecule has 0 aliphatic heterocycles. The van der Waals surface area contributed by atoms with Crippen molar-refractivity contribution < 1.29 is 4.79 Å². The molecular formula is C21H18ClN5OS. The van der Waals surface area contributed by atoms with E-state index in [0.717, 1.165) is 28.0 Å². The van der Waals surface area contributed by atoms with Crippen LogP contribution in [0, 0.1) is 6.92 Å². The summed E-state index contributed by atoms with van der Waals surface area (Å²) in [5, 5.41) is 4.47. The zero-order valence-corrected chi connectivity index (χ0v) is 17.1. The normalized spacial score (nSPS) is 11.0. The Kier molecular flexibility index (Phi) is 5.08. The van der Waals surface area contributed by atoms with Gasteiger partial charge < -0.3 is 16.8 Å². The molecule has 0 atom stereocenters. The Morgan fingerprint density at radius 3 is 2.62 bits per heavy atom. The Balaban J connectivity index is 1.85. The standard InChI is InChI=1S/C21H18ClN5OS/c1-11-7-8-13(9-14(11)22)17-15-16(23)18(19(24)28)29-20(15)27-21(26-17)25-10-12-5-3-2-4-6-12/h2-9H,10,23H2,1H3,(H2,24,28)(H,25,26,27). The predicted molar refractivity (Wildman–Crippen MR) is 119 cm³/mol. The average molecular weight is 424 g/mol. The van der Waals surface area contributed by atoms with Gasteiger partial charge in [0.15, 0.2) is 0 Å². The first kappa shape index (κ1) is 19.2. The lowest BCUT2D eigenvalue weighted by Gasteiger charge is -2.10. The van der Waals surface area contributed by atoms with E-state index in [4.69, 9.17) is 23.1 Å². The van der Waals surface area contributed by atoms with Crippen molar-refractivity contribution in [2.45, 2.75) is 13.5 Å². The number of amides is 1. The molecule has 0 bridgehead atoms. The number of hydrogen-bond acceptors (Lipinski definition) is 6. The van der Waals surface area contributed by atoms with Gasteiger partial charge in [0.1, 0.15) is 9.71 Å². The lowest BCUT2D eigenvalue weighted by Crippen LogP contribution is -2.10. The van der Waals surface area contributed by atoms with Gasteiger partial charge in [-0.05, 0) is 24.1 Å². The molecule has 146 valence electrons. The molecule has 0 saturated carbocycles. The van der Waals surface area contributed by atoms with Gasteiger partial charge in [0, 0.05) is 17.1 Å². The second kappa shape index (κ2) is 7.69. The molecule has 0 spiro atoms. The number of carbonyl (C=O) groups excluding carboxylic acids is 1. The molecule has 29 heavy (non-hydrogen) atoms. The molecule has 8 heteroatoms. The summed E-state index contributed by atoms with van der Waals surface area (Å²) in [7, 11) is 0. The molecule has 0 fully saturated rings. The second-order valence-corrected chi connectivity index (χ2v) is 7.99. The Bertz CT molecular complexity index is 1220. The molecule has 4 aromatic rings. The minimum atomic E-state index is -0.586. The van der Waals surface area contributed by atoms with Crippen LogP contribution >= 0.6 is 22.9 Å². The van der Waals surface area contributed by atoms with E-state index in [-0.39, 0.29) is 4.88 Å². The fourth-order valence-electron chi connectivity index (χ4n) is 3.01. The number of carbonyl (C=O) groups is 1. The van der Waals surface area contributed by atoms with Crippen molar-refractivity contribution >= 4 is 50.7 Å². The van der Waals surface area contributed by atoms with E-state index in [1.165, 1.54) is 0 Å². The maximum atomic E-state index is 11.8. The number of thiophene rings is 1. The molecule has 0 aliphatic rings. The molecule has 2 aromatic heterocycles. The van der Waals surface area contributed by atoms with Crippen molar-refractivity contribution in [2.75, 3.05) is 11.1 Å². The summed E-state index contributed by atoms with van der Waals surface area (Å²) in [4.78, 5) is 21.9. The first-order chi connectivity index (χ1) is 13.9. The van der Waals surface area contributed by atoms with Crippen LogP contribution in [0.3, 0.4) is 0 Å². The number of aromatic nitrogens is 2. The highest BCUT2D eigenvalue weighted by Gasteiger charge is 2.21. The van der Waals surface area contributed by atoms with E-state index in [1.807, 2.05) is 55.5 Å². The van der Waals surface area contributed by atoms with Crippen molar-refractivity contribution in [3.8, 4) is 11.3 Å². The Hall–Kier alpha value is -3.16. The topological polar surface area (TPSA) is 107 Å². The summed E-state index contributed by atoms with van der Waals surface area (Å²) in [6.07, 6.45) is 0. The highest BCUT2D eigenvalue weighted by molar-refractivity contribution is 7.21. The van der Waals surface area contributed by atoms with Crippen LogP contribution in [0.5, 0.6) is 0 Å². The van der Waals surface area contributed by atoms with Crippen LogP contribution in [0.1, 0.15) is 20.8 Å². The van der Waals surface area contributed by atoms with Crippen molar-refractivity contribution in [3.63, 3.8) is 0 Å². The minimum Gasteiger partial charge on any atom is -0.397 e. The van der Waals surface area contributed by atoms with Crippen LogP contribution in [0.2, 0.25) is 5.02 Å². The van der Waals surface area contributed by atoms with Crippen LogP contribution in [0.25, 0.3) is 21.5 Å². The summed E-state index contributed by atoms with van der Waals surface area (Å²) >= 11 is 7.49. The molecule has 1 amide bonds. The van der Waals surface area contributed by atoms with Gasteiger partial charge in [0.25, 0.3) is 5.91 Å². The van der Waals surface area contributed by atoms with Crippen molar-refractivity contribution in [1.29, 1.82) is 0 Å². The molecular weight excluding hydrogens is 406 g/mol. The third-order valence-corrected chi connectivity index (χ3v) is 6.07. The van der Waals surface area contributed by atoms with Crippen LogP contribution < -0.4 is 16.8 Å². The number of nitrogens with two attached hydrogens (primary N) is 2. The summed E-state index contributed by atoms with van der Waals surface area (Å²) < 4.78 is 0. The van der Waals surface area contributed by atoms with Crippen LogP contribution in [-0.2, 0) is 6.54 Å². The number of halogens is 1. The van der Waals surface area contributed by atoms with Gasteiger partial charge in [-0.25, -0.2) is 9.97 Å². The number of nitrogens with zero attached hydrogens (tertiary/aromatic N) is 2. The van der Waals surface area contributed by atoms with Gasteiger partial charge in [-0.1, -0.05) is 54.1 Å². The van der Waals surface area contributed by atoms with Crippen LogP contribution in [0.4, 0.5) is 11.6 Å². The molecule has 6 nitrogen and oxygen atoms in total.